The molecule has 0 saturated carbocycles. The molecule has 1 rings (SSSR count). The molecule has 1 unspecified atom stereocenters. The van der Waals surface area contributed by atoms with Crippen molar-refractivity contribution in [3.63, 3.8) is 0 Å². The number of rotatable bonds is 7. The van der Waals surface area contributed by atoms with Gasteiger partial charge in [-0.2, -0.15) is 16.2 Å². The maximum Gasteiger partial charge on any atom is 0.330 e. The summed E-state index contributed by atoms with van der Waals surface area (Å²) in [6, 6.07) is 0. The molecule has 8 heteroatoms. The van der Waals surface area contributed by atoms with Gasteiger partial charge in [0, 0.05) is 19.3 Å². The number of nitrogens with one attached hydrogen (secondary N) is 1. The van der Waals surface area contributed by atoms with Crippen LogP contribution in [0.1, 0.15) is 12.6 Å². The predicted octanol–water partition coefficient (Wildman–Crippen LogP) is -0.0637. The molecule has 0 aliphatic heterocycles. The number of nitrogens with zero attached hydrogens (tertiary/aromatic N) is 1. The fraction of sp³-hybridized carbons (Fsp3) is 0.600. The van der Waals surface area contributed by atoms with E-state index in [4.69, 9.17) is 9.84 Å². The molecular weight excluding hydrogens is 263 g/mol. The standard InChI is InChI=1S/C10H15FN2O4S/c1-17-8(2-4-18-5-3-14)13-6-7(11)9(15)12-10(13)16/h6,8,14H,2-5H2,1H3,(H,12,15,16). The van der Waals surface area contributed by atoms with E-state index in [0.29, 0.717) is 17.9 Å². The maximum atomic E-state index is 13.1. The number of aliphatic hydroxyl groups is 1. The van der Waals surface area contributed by atoms with Gasteiger partial charge in [-0.05, 0) is 5.75 Å². The van der Waals surface area contributed by atoms with Crippen LogP contribution in [0.25, 0.3) is 0 Å². The second-order valence-corrected chi connectivity index (χ2v) is 4.68. The van der Waals surface area contributed by atoms with Crippen molar-refractivity contribution in [2.24, 2.45) is 0 Å². The van der Waals surface area contributed by atoms with Crippen LogP contribution in [0.2, 0.25) is 0 Å². The van der Waals surface area contributed by atoms with Crippen LogP contribution < -0.4 is 11.2 Å². The highest BCUT2D eigenvalue weighted by molar-refractivity contribution is 7.99. The van der Waals surface area contributed by atoms with Crippen LogP contribution >= 0.6 is 11.8 Å². The topological polar surface area (TPSA) is 84.3 Å². The van der Waals surface area contributed by atoms with Crippen molar-refractivity contribution in [1.29, 1.82) is 0 Å². The summed E-state index contributed by atoms with van der Waals surface area (Å²) in [5, 5.41) is 8.62. The lowest BCUT2D eigenvalue weighted by Gasteiger charge is -2.17. The van der Waals surface area contributed by atoms with Crippen LogP contribution in [0, 0.1) is 5.82 Å². The number of hydrogen-bond acceptors (Lipinski definition) is 5. The van der Waals surface area contributed by atoms with Crippen molar-refractivity contribution in [3.05, 3.63) is 32.9 Å². The summed E-state index contributed by atoms with van der Waals surface area (Å²) in [6.45, 7) is 0.0789. The Kier molecular flexibility index (Phi) is 6.10. The van der Waals surface area contributed by atoms with E-state index in [1.807, 2.05) is 4.98 Å². The minimum Gasteiger partial charge on any atom is -0.396 e. The van der Waals surface area contributed by atoms with Gasteiger partial charge >= 0.3 is 5.69 Å². The first-order valence-corrected chi connectivity index (χ1v) is 6.48. The Morgan fingerprint density at radius 2 is 2.28 bits per heavy atom. The summed E-state index contributed by atoms with van der Waals surface area (Å²) in [5.41, 5.74) is -1.75. The number of H-pyrrole nitrogens is 1. The Balaban J connectivity index is 2.79. The van der Waals surface area contributed by atoms with Crippen LogP contribution in [0.4, 0.5) is 4.39 Å². The van der Waals surface area contributed by atoms with E-state index in [9.17, 15) is 14.0 Å². The molecule has 0 radical (unpaired) electrons. The van der Waals surface area contributed by atoms with Crippen molar-refractivity contribution in [3.8, 4) is 0 Å². The molecule has 2 N–H and O–H groups in total. The average molecular weight is 278 g/mol. The van der Waals surface area contributed by atoms with Gasteiger partial charge < -0.3 is 9.84 Å². The number of methoxy groups -OCH3 is 1. The number of aliphatic hydroxyl groups excluding tert-OH is 1. The third-order valence-corrected chi connectivity index (χ3v) is 3.25. The fourth-order valence-electron chi connectivity index (χ4n) is 1.40. The molecule has 0 bridgehead atoms. The number of halogens is 1. The Hall–Kier alpha value is -1.12. The highest BCUT2D eigenvalue weighted by atomic mass is 32.2. The van der Waals surface area contributed by atoms with Gasteiger partial charge in [-0.15, -0.1) is 0 Å². The van der Waals surface area contributed by atoms with Gasteiger partial charge in [-0.1, -0.05) is 0 Å². The monoisotopic (exact) mass is 278 g/mol. The molecule has 1 aromatic rings. The SMILES string of the molecule is COC(CCSCCO)n1cc(F)c(=O)[nH]c1=O. The van der Waals surface area contributed by atoms with E-state index in [1.54, 1.807) is 0 Å². The molecular formula is C10H15FN2O4S. The molecule has 0 saturated heterocycles. The van der Waals surface area contributed by atoms with Crippen LogP contribution in [0.3, 0.4) is 0 Å². The lowest BCUT2D eigenvalue weighted by Crippen LogP contribution is -2.34. The first-order valence-electron chi connectivity index (χ1n) is 5.32. The normalized spacial score (nSPS) is 12.6. The third-order valence-electron chi connectivity index (χ3n) is 2.25. The van der Waals surface area contributed by atoms with Crippen molar-refractivity contribution in [1.82, 2.24) is 9.55 Å². The van der Waals surface area contributed by atoms with E-state index in [1.165, 1.54) is 18.9 Å². The molecule has 1 aromatic heterocycles. The molecule has 0 aliphatic rings. The molecule has 0 aromatic carbocycles. The smallest absolute Gasteiger partial charge is 0.330 e. The second kappa shape index (κ2) is 7.34. The van der Waals surface area contributed by atoms with Gasteiger partial charge in [0.15, 0.2) is 0 Å². The van der Waals surface area contributed by atoms with E-state index < -0.39 is 23.3 Å². The molecule has 1 heterocycles. The number of aromatic amines is 1. The molecule has 0 fully saturated rings. The fourth-order valence-corrected chi connectivity index (χ4v) is 2.10. The highest BCUT2D eigenvalue weighted by Crippen LogP contribution is 2.13. The summed E-state index contributed by atoms with van der Waals surface area (Å²) >= 11 is 1.49. The third kappa shape index (κ3) is 3.97. The maximum absolute atomic E-state index is 13.1. The van der Waals surface area contributed by atoms with Gasteiger partial charge in [0.1, 0.15) is 6.23 Å². The van der Waals surface area contributed by atoms with Crippen LogP contribution in [-0.4, -0.2) is 39.9 Å². The van der Waals surface area contributed by atoms with Gasteiger partial charge in [0.05, 0.1) is 12.8 Å². The predicted molar refractivity (Wildman–Crippen MR) is 66.4 cm³/mol. The van der Waals surface area contributed by atoms with Gasteiger partial charge in [-0.3, -0.25) is 14.3 Å². The lowest BCUT2D eigenvalue weighted by molar-refractivity contribution is 0.0370. The number of hydrogen-bond donors (Lipinski definition) is 2. The molecule has 6 nitrogen and oxygen atoms in total. The summed E-state index contributed by atoms with van der Waals surface area (Å²) < 4.78 is 19.2. The Morgan fingerprint density at radius 3 is 2.89 bits per heavy atom. The first-order chi connectivity index (χ1) is 8.60. The van der Waals surface area contributed by atoms with Gasteiger partial charge in [-0.25, -0.2) is 4.79 Å². The van der Waals surface area contributed by atoms with Crippen LogP contribution in [-0.2, 0) is 4.74 Å². The molecule has 18 heavy (non-hydrogen) atoms. The molecule has 102 valence electrons. The summed E-state index contributed by atoms with van der Waals surface area (Å²) in [6.07, 6.45) is 0.661. The zero-order chi connectivity index (χ0) is 13.5. The van der Waals surface area contributed by atoms with E-state index >= 15 is 0 Å². The van der Waals surface area contributed by atoms with Crippen molar-refractivity contribution >= 4 is 11.8 Å². The first kappa shape index (κ1) is 14.9. The van der Waals surface area contributed by atoms with Crippen molar-refractivity contribution in [2.75, 3.05) is 25.2 Å². The zero-order valence-electron chi connectivity index (χ0n) is 9.89. The van der Waals surface area contributed by atoms with Gasteiger partial charge in [0.2, 0.25) is 5.82 Å². The zero-order valence-corrected chi connectivity index (χ0v) is 10.7. The summed E-state index contributed by atoms with van der Waals surface area (Å²) in [4.78, 5) is 24.3. The second-order valence-electron chi connectivity index (χ2n) is 3.46. The quantitative estimate of drug-likeness (QED) is 0.682. The van der Waals surface area contributed by atoms with Crippen LogP contribution in [0.5, 0.6) is 0 Å². The molecule has 0 spiro atoms. The lowest BCUT2D eigenvalue weighted by atomic mass is 10.4. The van der Waals surface area contributed by atoms with Crippen LogP contribution in [0.15, 0.2) is 15.8 Å². The number of ether oxygens (including phenoxy) is 1. The summed E-state index contributed by atoms with van der Waals surface area (Å²) in [7, 11) is 1.40. The largest absolute Gasteiger partial charge is 0.396 e. The van der Waals surface area contributed by atoms with Crippen molar-refractivity contribution < 1.29 is 14.2 Å². The van der Waals surface area contributed by atoms with E-state index in [0.717, 1.165) is 10.8 Å². The molecule has 1 atom stereocenters. The molecule has 0 amide bonds. The highest BCUT2D eigenvalue weighted by Gasteiger charge is 2.13. The van der Waals surface area contributed by atoms with E-state index in [-0.39, 0.29) is 6.61 Å². The van der Waals surface area contributed by atoms with Crippen molar-refractivity contribution in [2.45, 2.75) is 12.6 Å². The van der Waals surface area contributed by atoms with E-state index in [2.05, 4.69) is 0 Å². The Bertz CT molecular complexity index is 488. The minimum atomic E-state index is -1.04. The molecule has 0 aliphatic carbocycles. The number of thioether (sulfide) groups is 1. The Morgan fingerprint density at radius 1 is 1.56 bits per heavy atom. The Labute approximate surface area is 107 Å². The van der Waals surface area contributed by atoms with Gasteiger partial charge in [0.25, 0.3) is 5.56 Å². The number of aromatic nitrogens is 2. The average Bonchev–Trinajstić information content (AvgIpc) is 2.35. The summed E-state index contributed by atoms with van der Waals surface area (Å²) in [5.74, 6) is 0.206. The minimum absolute atomic E-state index is 0.0789.